The fourth-order valence-corrected chi connectivity index (χ4v) is 2.40. The molecule has 1 fully saturated rings. The van der Waals surface area contributed by atoms with Crippen molar-refractivity contribution in [2.45, 2.75) is 58.5 Å². The highest BCUT2D eigenvalue weighted by Gasteiger charge is 2.46. The Morgan fingerprint density at radius 2 is 2.06 bits per heavy atom. The molecule has 3 nitrogen and oxygen atoms in total. The molecular weight excluding hydrogens is 210 g/mol. The molecule has 0 aromatic rings. The van der Waals surface area contributed by atoms with Crippen molar-refractivity contribution < 1.29 is 0 Å². The Bertz CT molecular complexity index is 265. The number of nitriles is 1. The second-order valence-electron chi connectivity index (χ2n) is 5.44. The molecule has 0 aliphatic heterocycles. The molecule has 1 rings (SSSR count). The smallest absolute Gasteiger partial charge is 0.122 e. The van der Waals surface area contributed by atoms with Crippen LogP contribution in [0.1, 0.15) is 47.0 Å². The monoisotopic (exact) mass is 237 g/mol. The van der Waals surface area contributed by atoms with Crippen molar-refractivity contribution in [2.24, 2.45) is 5.92 Å². The Balaban J connectivity index is 2.71. The third-order valence-corrected chi connectivity index (χ3v) is 3.75. The summed E-state index contributed by atoms with van der Waals surface area (Å²) in [5, 5.41) is 13.1. The topological polar surface area (TPSA) is 39.1 Å². The Hall–Kier alpha value is -0.590. The van der Waals surface area contributed by atoms with Crippen molar-refractivity contribution in [3.63, 3.8) is 0 Å². The molecule has 1 unspecified atom stereocenters. The Kier molecular flexibility index (Phi) is 5.42. The summed E-state index contributed by atoms with van der Waals surface area (Å²) in [7, 11) is 0. The van der Waals surface area contributed by atoms with Gasteiger partial charge in [-0.2, -0.15) is 5.26 Å². The van der Waals surface area contributed by atoms with Gasteiger partial charge in [-0.1, -0.05) is 13.8 Å². The van der Waals surface area contributed by atoms with E-state index in [2.05, 4.69) is 44.0 Å². The molecule has 1 aliphatic carbocycles. The Morgan fingerprint density at radius 3 is 2.41 bits per heavy atom. The van der Waals surface area contributed by atoms with Gasteiger partial charge < -0.3 is 0 Å². The van der Waals surface area contributed by atoms with E-state index in [1.54, 1.807) is 0 Å². The van der Waals surface area contributed by atoms with Crippen LogP contribution in [0, 0.1) is 17.2 Å². The standard InChI is InChI=1S/C14H27N3/c1-5-9-16-14(10-15,13-7-8-13)11-17(6-2)12(3)4/h12-13,16H,5-9,11H2,1-4H3. The minimum absolute atomic E-state index is 0.309. The van der Waals surface area contributed by atoms with E-state index in [0.717, 1.165) is 26.1 Å². The fourth-order valence-electron chi connectivity index (χ4n) is 2.40. The van der Waals surface area contributed by atoms with E-state index in [0.29, 0.717) is 12.0 Å². The molecule has 0 aromatic heterocycles. The minimum Gasteiger partial charge on any atom is -0.298 e. The van der Waals surface area contributed by atoms with Crippen LogP contribution in [0.3, 0.4) is 0 Å². The summed E-state index contributed by atoms with van der Waals surface area (Å²) >= 11 is 0. The number of rotatable bonds is 8. The van der Waals surface area contributed by atoms with Gasteiger partial charge in [-0.05, 0) is 52.1 Å². The van der Waals surface area contributed by atoms with Gasteiger partial charge in [-0.15, -0.1) is 0 Å². The molecule has 3 heteroatoms. The molecule has 0 aromatic carbocycles. The first kappa shape index (κ1) is 14.5. The highest BCUT2D eigenvalue weighted by Crippen LogP contribution is 2.40. The van der Waals surface area contributed by atoms with E-state index in [1.165, 1.54) is 12.8 Å². The average molecular weight is 237 g/mol. The molecule has 1 saturated carbocycles. The minimum atomic E-state index is -0.309. The van der Waals surface area contributed by atoms with Crippen LogP contribution in [0.5, 0.6) is 0 Å². The van der Waals surface area contributed by atoms with Crippen LogP contribution < -0.4 is 5.32 Å². The van der Waals surface area contributed by atoms with Gasteiger partial charge >= 0.3 is 0 Å². The largest absolute Gasteiger partial charge is 0.298 e. The summed E-state index contributed by atoms with van der Waals surface area (Å²) in [4.78, 5) is 2.39. The third kappa shape index (κ3) is 3.69. The van der Waals surface area contributed by atoms with Crippen molar-refractivity contribution in [3.05, 3.63) is 0 Å². The predicted octanol–water partition coefficient (Wildman–Crippen LogP) is 2.39. The predicted molar refractivity (Wildman–Crippen MR) is 71.7 cm³/mol. The SMILES string of the molecule is CCCNC(C#N)(CN(CC)C(C)C)C1CC1. The van der Waals surface area contributed by atoms with Crippen molar-refractivity contribution in [1.82, 2.24) is 10.2 Å². The number of hydrogen-bond acceptors (Lipinski definition) is 3. The van der Waals surface area contributed by atoms with Gasteiger partial charge in [0.25, 0.3) is 0 Å². The lowest BCUT2D eigenvalue weighted by atomic mass is 9.93. The maximum absolute atomic E-state index is 9.60. The molecule has 17 heavy (non-hydrogen) atoms. The first-order valence-corrected chi connectivity index (χ1v) is 7.00. The zero-order chi connectivity index (χ0) is 12.9. The van der Waals surface area contributed by atoms with Crippen LogP contribution in [0.2, 0.25) is 0 Å². The normalized spacial score (nSPS) is 19.4. The quantitative estimate of drug-likeness (QED) is 0.704. The molecule has 98 valence electrons. The molecular formula is C14H27N3. The third-order valence-electron chi connectivity index (χ3n) is 3.75. The zero-order valence-electron chi connectivity index (χ0n) is 11.8. The van der Waals surface area contributed by atoms with Crippen LogP contribution in [0.15, 0.2) is 0 Å². The second-order valence-corrected chi connectivity index (χ2v) is 5.44. The highest BCUT2D eigenvalue weighted by atomic mass is 15.2. The van der Waals surface area contributed by atoms with E-state index >= 15 is 0 Å². The molecule has 0 heterocycles. The van der Waals surface area contributed by atoms with Gasteiger partial charge in [-0.25, -0.2) is 0 Å². The molecule has 0 amide bonds. The van der Waals surface area contributed by atoms with Crippen LogP contribution in [0.4, 0.5) is 0 Å². The number of hydrogen-bond donors (Lipinski definition) is 1. The lowest BCUT2D eigenvalue weighted by Gasteiger charge is -2.36. The number of likely N-dealkylation sites (N-methyl/N-ethyl adjacent to an activating group) is 1. The zero-order valence-corrected chi connectivity index (χ0v) is 11.8. The summed E-state index contributed by atoms with van der Waals surface area (Å²) in [5.74, 6) is 0.562. The van der Waals surface area contributed by atoms with Crippen molar-refractivity contribution in [1.29, 1.82) is 5.26 Å². The van der Waals surface area contributed by atoms with Crippen molar-refractivity contribution in [3.8, 4) is 6.07 Å². The lowest BCUT2D eigenvalue weighted by molar-refractivity contribution is 0.168. The van der Waals surface area contributed by atoms with E-state index in [4.69, 9.17) is 0 Å². The van der Waals surface area contributed by atoms with E-state index in [1.807, 2.05) is 0 Å². The molecule has 0 radical (unpaired) electrons. The van der Waals surface area contributed by atoms with Gasteiger partial charge in [-0.3, -0.25) is 10.2 Å². The van der Waals surface area contributed by atoms with Crippen molar-refractivity contribution in [2.75, 3.05) is 19.6 Å². The van der Waals surface area contributed by atoms with E-state index in [-0.39, 0.29) is 5.54 Å². The Morgan fingerprint density at radius 1 is 1.41 bits per heavy atom. The molecule has 0 saturated heterocycles. The molecule has 1 atom stereocenters. The summed E-state index contributed by atoms with van der Waals surface area (Å²) < 4.78 is 0. The molecule has 1 aliphatic rings. The lowest BCUT2D eigenvalue weighted by Crippen LogP contribution is -2.55. The van der Waals surface area contributed by atoms with Crippen LogP contribution >= 0.6 is 0 Å². The van der Waals surface area contributed by atoms with Crippen molar-refractivity contribution >= 4 is 0 Å². The molecule has 1 N–H and O–H groups in total. The molecule has 0 bridgehead atoms. The first-order chi connectivity index (χ1) is 8.09. The fraction of sp³-hybridized carbons (Fsp3) is 0.929. The van der Waals surface area contributed by atoms with Crippen LogP contribution in [-0.2, 0) is 0 Å². The molecule has 0 spiro atoms. The number of nitrogens with zero attached hydrogens (tertiary/aromatic N) is 2. The average Bonchev–Trinajstić information content (AvgIpc) is 3.14. The van der Waals surface area contributed by atoms with Crippen LogP contribution in [0.25, 0.3) is 0 Å². The second kappa shape index (κ2) is 6.37. The summed E-state index contributed by atoms with van der Waals surface area (Å²) in [6.07, 6.45) is 3.50. The maximum atomic E-state index is 9.60. The van der Waals surface area contributed by atoms with E-state index in [9.17, 15) is 5.26 Å². The first-order valence-electron chi connectivity index (χ1n) is 7.00. The van der Waals surface area contributed by atoms with Gasteiger partial charge in [0, 0.05) is 12.6 Å². The van der Waals surface area contributed by atoms with Crippen LogP contribution in [-0.4, -0.2) is 36.1 Å². The Labute approximate surface area is 106 Å². The van der Waals surface area contributed by atoms with Gasteiger partial charge in [0.1, 0.15) is 5.54 Å². The highest BCUT2D eigenvalue weighted by molar-refractivity contribution is 5.16. The van der Waals surface area contributed by atoms with Gasteiger partial charge in [0.05, 0.1) is 6.07 Å². The van der Waals surface area contributed by atoms with E-state index < -0.39 is 0 Å². The summed E-state index contributed by atoms with van der Waals surface area (Å²) in [6, 6.07) is 3.09. The maximum Gasteiger partial charge on any atom is 0.122 e. The summed E-state index contributed by atoms with van der Waals surface area (Å²) in [5.41, 5.74) is -0.309. The summed E-state index contributed by atoms with van der Waals surface area (Å²) in [6.45, 7) is 11.6. The van der Waals surface area contributed by atoms with Gasteiger partial charge in [0.15, 0.2) is 0 Å². The number of nitrogens with one attached hydrogen (secondary N) is 1. The van der Waals surface area contributed by atoms with Gasteiger partial charge in [0.2, 0.25) is 0 Å².